The summed E-state index contributed by atoms with van der Waals surface area (Å²) in [6, 6.07) is 1.76. The maximum absolute atomic E-state index is 11.8. The van der Waals surface area contributed by atoms with Crippen molar-refractivity contribution < 1.29 is 9.90 Å². The van der Waals surface area contributed by atoms with Crippen LogP contribution in [0.3, 0.4) is 0 Å². The molecular weight excluding hydrogens is 234 g/mol. The van der Waals surface area contributed by atoms with Crippen LogP contribution in [0.5, 0.6) is 0 Å². The van der Waals surface area contributed by atoms with Gasteiger partial charge in [-0.2, -0.15) is 0 Å². The van der Waals surface area contributed by atoms with E-state index in [1.807, 2.05) is 0 Å². The van der Waals surface area contributed by atoms with Crippen molar-refractivity contribution >= 4 is 17.2 Å². The van der Waals surface area contributed by atoms with Crippen molar-refractivity contribution in [2.45, 2.75) is 13.3 Å². The van der Waals surface area contributed by atoms with E-state index >= 15 is 0 Å². The second kappa shape index (κ2) is 5.35. The molecule has 1 amide bonds. The van der Waals surface area contributed by atoms with Crippen LogP contribution in [0.2, 0.25) is 0 Å². The van der Waals surface area contributed by atoms with Gasteiger partial charge in [-0.25, -0.2) is 0 Å². The van der Waals surface area contributed by atoms with E-state index in [0.29, 0.717) is 11.5 Å². The molecule has 2 rings (SSSR count). The molecule has 17 heavy (non-hydrogen) atoms. The summed E-state index contributed by atoms with van der Waals surface area (Å²) in [5.41, 5.74) is 0.658. The molecule has 1 aliphatic carbocycles. The first-order chi connectivity index (χ1) is 8.20. The number of aliphatic hydroxyl groups excluding tert-OH is 1. The molecule has 1 aromatic heterocycles. The Hall–Kier alpha value is -1.31. The topological polar surface area (TPSA) is 49.3 Å². The van der Waals surface area contributed by atoms with Gasteiger partial charge in [-0.05, 0) is 24.3 Å². The summed E-state index contributed by atoms with van der Waals surface area (Å²) in [5, 5.41) is 13.3. The lowest BCUT2D eigenvalue weighted by Gasteiger charge is -2.01. The third kappa shape index (κ3) is 3.32. The van der Waals surface area contributed by atoms with Gasteiger partial charge in [0.15, 0.2) is 0 Å². The standard InChI is InChI=1S/C13H15NO2S/c1-9-5-10(9)7-14-13(16)11-6-12(17-8-11)3-2-4-15/h6,8-10,15H,4-5,7H2,1H3,(H,14,16). The van der Waals surface area contributed by atoms with E-state index in [-0.39, 0.29) is 12.5 Å². The van der Waals surface area contributed by atoms with Crippen molar-refractivity contribution in [3.05, 3.63) is 21.9 Å². The van der Waals surface area contributed by atoms with Crippen LogP contribution in [0.4, 0.5) is 0 Å². The van der Waals surface area contributed by atoms with Crippen LogP contribution >= 0.6 is 11.3 Å². The Morgan fingerprint density at radius 2 is 2.47 bits per heavy atom. The number of thiophene rings is 1. The largest absolute Gasteiger partial charge is 0.384 e. The van der Waals surface area contributed by atoms with Crippen molar-refractivity contribution in [2.75, 3.05) is 13.2 Å². The summed E-state index contributed by atoms with van der Waals surface area (Å²) in [6.07, 6.45) is 1.22. The van der Waals surface area contributed by atoms with E-state index < -0.39 is 0 Å². The Balaban J connectivity index is 1.88. The van der Waals surface area contributed by atoms with Crippen LogP contribution in [0.15, 0.2) is 11.4 Å². The van der Waals surface area contributed by atoms with Crippen LogP contribution in [0, 0.1) is 23.7 Å². The van der Waals surface area contributed by atoms with Crippen LogP contribution in [0.1, 0.15) is 28.6 Å². The predicted octanol–water partition coefficient (Wildman–Crippen LogP) is 1.48. The zero-order chi connectivity index (χ0) is 12.3. The number of rotatable bonds is 3. The number of hydrogen-bond donors (Lipinski definition) is 2. The average Bonchev–Trinajstić information content (AvgIpc) is 2.84. The lowest BCUT2D eigenvalue weighted by atomic mass is 10.2. The molecule has 2 N–H and O–H groups in total. The van der Waals surface area contributed by atoms with Crippen molar-refractivity contribution in [3.8, 4) is 11.8 Å². The Bertz CT molecular complexity index is 469. The average molecular weight is 249 g/mol. The van der Waals surface area contributed by atoms with Crippen molar-refractivity contribution in [1.29, 1.82) is 0 Å². The molecule has 1 aromatic rings. The molecule has 2 unspecified atom stereocenters. The number of carbonyl (C=O) groups excluding carboxylic acids is 1. The summed E-state index contributed by atoms with van der Waals surface area (Å²) in [6.45, 7) is 2.82. The third-order valence-corrected chi connectivity index (χ3v) is 3.80. The summed E-state index contributed by atoms with van der Waals surface area (Å²) in [4.78, 5) is 12.6. The molecule has 1 fully saturated rings. The fraction of sp³-hybridized carbons (Fsp3) is 0.462. The first kappa shape index (κ1) is 12.2. The van der Waals surface area contributed by atoms with E-state index in [4.69, 9.17) is 5.11 Å². The van der Waals surface area contributed by atoms with E-state index in [0.717, 1.165) is 17.3 Å². The molecule has 0 spiro atoms. The minimum absolute atomic E-state index is 0.0302. The van der Waals surface area contributed by atoms with Gasteiger partial charge in [0.1, 0.15) is 6.61 Å². The van der Waals surface area contributed by atoms with Crippen molar-refractivity contribution in [1.82, 2.24) is 5.32 Å². The number of hydrogen-bond acceptors (Lipinski definition) is 3. The zero-order valence-electron chi connectivity index (χ0n) is 9.69. The van der Waals surface area contributed by atoms with Crippen molar-refractivity contribution in [3.63, 3.8) is 0 Å². The predicted molar refractivity (Wildman–Crippen MR) is 67.9 cm³/mol. The molecule has 2 atom stereocenters. The molecule has 0 saturated heterocycles. The molecular formula is C13H15NO2S. The Labute approximate surface area is 105 Å². The molecule has 0 bridgehead atoms. The highest BCUT2D eigenvalue weighted by atomic mass is 32.1. The van der Waals surface area contributed by atoms with E-state index in [9.17, 15) is 4.79 Å². The maximum atomic E-state index is 11.8. The smallest absolute Gasteiger partial charge is 0.252 e. The second-order valence-corrected chi connectivity index (χ2v) is 5.25. The molecule has 0 aromatic carbocycles. The van der Waals surface area contributed by atoms with Crippen LogP contribution < -0.4 is 5.32 Å². The molecule has 3 nitrogen and oxygen atoms in total. The van der Waals surface area contributed by atoms with Gasteiger partial charge < -0.3 is 10.4 Å². The van der Waals surface area contributed by atoms with Gasteiger partial charge in [0, 0.05) is 11.9 Å². The van der Waals surface area contributed by atoms with Gasteiger partial charge in [0.05, 0.1) is 10.4 Å². The van der Waals surface area contributed by atoms with Gasteiger partial charge in [-0.1, -0.05) is 18.8 Å². The fourth-order valence-electron chi connectivity index (χ4n) is 1.66. The molecule has 0 radical (unpaired) electrons. The van der Waals surface area contributed by atoms with Gasteiger partial charge in [-0.3, -0.25) is 4.79 Å². The van der Waals surface area contributed by atoms with Crippen LogP contribution in [-0.4, -0.2) is 24.2 Å². The number of aliphatic hydroxyl groups is 1. The van der Waals surface area contributed by atoms with Crippen LogP contribution in [0.25, 0.3) is 0 Å². The Morgan fingerprint density at radius 1 is 1.71 bits per heavy atom. The Morgan fingerprint density at radius 3 is 3.12 bits per heavy atom. The normalized spacial score (nSPS) is 21.5. The van der Waals surface area contributed by atoms with E-state index in [2.05, 4.69) is 24.1 Å². The lowest BCUT2D eigenvalue weighted by molar-refractivity contribution is 0.0952. The minimum Gasteiger partial charge on any atom is -0.384 e. The van der Waals surface area contributed by atoms with Crippen LogP contribution in [-0.2, 0) is 0 Å². The highest BCUT2D eigenvalue weighted by Crippen LogP contribution is 2.36. The highest BCUT2D eigenvalue weighted by molar-refractivity contribution is 7.10. The summed E-state index contributed by atoms with van der Waals surface area (Å²) >= 11 is 1.42. The Kier molecular flexibility index (Phi) is 3.82. The summed E-state index contributed by atoms with van der Waals surface area (Å²) < 4.78 is 0. The van der Waals surface area contributed by atoms with E-state index in [1.165, 1.54) is 17.8 Å². The van der Waals surface area contributed by atoms with Gasteiger partial charge in [0.2, 0.25) is 0 Å². The molecule has 90 valence electrons. The number of nitrogens with one attached hydrogen (secondary N) is 1. The molecule has 1 saturated carbocycles. The number of carbonyl (C=O) groups is 1. The molecule has 1 aliphatic rings. The quantitative estimate of drug-likeness (QED) is 0.797. The van der Waals surface area contributed by atoms with Crippen molar-refractivity contribution in [2.24, 2.45) is 11.8 Å². The highest BCUT2D eigenvalue weighted by Gasteiger charge is 2.32. The maximum Gasteiger partial charge on any atom is 0.252 e. The summed E-state index contributed by atoms with van der Waals surface area (Å²) in [5.74, 6) is 6.74. The first-order valence-corrected chi connectivity index (χ1v) is 6.55. The first-order valence-electron chi connectivity index (χ1n) is 5.67. The SMILES string of the molecule is CC1CC1CNC(=O)c1csc(C#CCO)c1. The third-order valence-electron chi connectivity index (χ3n) is 2.95. The number of amides is 1. The lowest BCUT2D eigenvalue weighted by Crippen LogP contribution is -2.25. The molecule has 1 heterocycles. The van der Waals surface area contributed by atoms with Gasteiger partial charge in [-0.15, -0.1) is 11.3 Å². The fourth-order valence-corrected chi connectivity index (χ4v) is 2.41. The second-order valence-electron chi connectivity index (χ2n) is 4.34. The molecule has 0 aliphatic heterocycles. The van der Waals surface area contributed by atoms with Gasteiger partial charge >= 0.3 is 0 Å². The monoisotopic (exact) mass is 249 g/mol. The molecule has 4 heteroatoms. The van der Waals surface area contributed by atoms with Gasteiger partial charge in [0.25, 0.3) is 5.91 Å². The summed E-state index contributed by atoms with van der Waals surface area (Å²) in [7, 11) is 0. The van der Waals surface area contributed by atoms with E-state index in [1.54, 1.807) is 11.4 Å². The minimum atomic E-state index is -0.154. The zero-order valence-corrected chi connectivity index (χ0v) is 10.5.